The van der Waals surface area contributed by atoms with Gasteiger partial charge in [0.2, 0.25) is 5.91 Å². The van der Waals surface area contributed by atoms with Gasteiger partial charge in [0.25, 0.3) is 5.91 Å². The molecule has 0 unspecified atom stereocenters. The second kappa shape index (κ2) is 11.9. The summed E-state index contributed by atoms with van der Waals surface area (Å²) in [6.07, 6.45) is -8.70. The Bertz CT molecular complexity index is 1570. The number of carboxylic acids is 1. The molecule has 1 atom stereocenters. The normalized spacial score (nSPS) is 15.8. The lowest BCUT2D eigenvalue weighted by atomic mass is 10.0. The van der Waals surface area contributed by atoms with Gasteiger partial charge in [-0.05, 0) is 71.1 Å². The summed E-state index contributed by atoms with van der Waals surface area (Å²) in [4.78, 5) is 38.2. The molecule has 42 heavy (non-hydrogen) atoms. The van der Waals surface area contributed by atoms with Gasteiger partial charge in [-0.2, -0.15) is 26.3 Å². The van der Waals surface area contributed by atoms with Crippen molar-refractivity contribution in [2.45, 2.75) is 18.4 Å². The fraction of sp³-hybridized carbons (Fsp3) is 0.154. The smallest absolute Gasteiger partial charge is 0.416 e. The van der Waals surface area contributed by atoms with Crippen molar-refractivity contribution in [1.29, 1.82) is 0 Å². The van der Waals surface area contributed by atoms with Crippen molar-refractivity contribution < 1.29 is 50.9 Å². The third-order valence-electron chi connectivity index (χ3n) is 5.82. The Morgan fingerprint density at radius 2 is 1.57 bits per heavy atom. The minimum atomic E-state index is -5.01. The Morgan fingerprint density at radius 1 is 0.976 bits per heavy atom. The Balaban J connectivity index is 1.56. The minimum Gasteiger partial charge on any atom is -0.478 e. The molecule has 16 heteroatoms. The van der Waals surface area contributed by atoms with Crippen LogP contribution in [0.15, 0.2) is 58.8 Å². The molecule has 2 heterocycles. The Kier molecular flexibility index (Phi) is 8.82. The molecule has 2 amide bonds. The van der Waals surface area contributed by atoms with E-state index in [4.69, 9.17) is 17.3 Å². The average molecular weight is 647 g/mol. The van der Waals surface area contributed by atoms with E-state index >= 15 is 0 Å². The van der Waals surface area contributed by atoms with Gasteiger partial charge in [0.1, 0.15) is 10.4 Å². The van der Waals surface area contributed by atoms with E-state index in [2.05, 4.69) is 5.32 Å². The first-order valence-electron chi connectivity index (χ1n) is 11.5. The molecule has 3 N–H and O–H groups in total. The number of thiophene rings is 1. The number of benzene rings is 2. The first-order chi connectivity index (χ1) is 19.6. The van der Waals surface area contributed by atoms with Crippen LogP contribution < -0.4 is 5.32 Å². The van der Waals surface area contributed by atoms with Crippen LogP contribution in [0.5, 0.6) is 0 Å². The highest BCUT2D eigenvalue weighted by atomic mass is 32.2. The molecule has 4 rings (SSSR count). The van der Waals surface area contributed by atoms with Crippen molar-refractivity contribution in [2.24, 2.45) is 0 Å². The molecule has 0 bridgehead atoms. The number of aliphatic hydroxyl groups excluding tert-OH is 1. The monoisotopic (exact) mass is 646 g/mol. The molecule has 0 aliphatic carbocycles. The van der Waals surface area contributed by atoms with Crippen LogP contribution in [-0.4, -0.2) is 49.9 Å². The summed E-state index contributed by atoms with van der Waals surface area (Å²) in [5.74, 6) is -2.75. The van der Waals surface area contributed by atoms with E-state index in [0.717, 1.165) is 28.0 Å². The Hall–Kier alpha value is -3.73. The van der Waals surface area contributed by atoms with Crippen LogP contribution >= 0.6 is 35.3 Å². The molecule has 0 saturated carbocycles. The number of thioether (sulfide) groups is 1. The van der Waals surface area contributed by atoms with Crippen molar-refractivity contribution >= 4 is 69.2 Å². The molecule has 1 fully saturated rings. The molecule has 3 aromatic rings. The summed E-state index contributed by atoms with van der Waals surface area (Å²) >= 11 is 6.96. The number of hydrogen-bond donors (Lipinski definition) is 3. The van der Waals surface area contributed by atoms with E-state index in [9.17, 15) is 45.8 Å². The molecule has 7 nitrogen and oxygen atoms in total. The standard InChI is InChI=1S/C26H16F6N2O5S3/c27-25(28,29)15-5-13(6-16(8-15)26(30,31)32)14-7-18(41-11-14)9-20-22(37)34(24(40)42-20)19(10-35)21(36)33-17-3-1-12(2-4-17)23(38)39/h1-9,11,19,35H,10H2,(H,33,36)(H,38,39)/b20-9-/t19-/m1/s1. The second-order valence-corrected chi connectivity index (χ2v) is 11.3. The van der Waals surface area contributed by atoms with Crippen LogP contribution in [0.4, 0.5) is 32.0 Å². The van der Waals surface area contributed by atoms with E-state index in [1.807, 2.05) is 0 Å². The number of aliphatic hydroxyl groups is 1. The van der Waals surface area contributed by atoms with Gasteiger partial charge in [0, 0.05) is 10.6 Å². The number of amides is 2. The molecular weight excluding hydrogens is 630 g/mol. The summed E-state index contributed by atoms with van der Waals surface area (Å²) in [6, 6.07) is 6.20. The van der Waals surface area contributed by atoms with Gasteiger partial charge < -0.3 is 15.5 Å². The number of carboxylic acid groups (broad SMARTS) is 1. The molecule has 1 aromatic heterocycles. The molecule has 220 valence electrons. The van der Waals surface area contributed by atoms with E-state index < -0.39 is 53.9 Å². The Labute approximate surface area is 246 Å². The van der Waals surface area contributed by atoms with Crippen LogP contribution in [0.1, 0.15) is 26.4 Å². The van der Waals surface area contributed by atoms with Gasteiger partial charge in [0.05, 0.1) is 28.2 Å². The lowest BCUT2D eigenvalue weighted by Crippen LogP contribution is -2.48. The number of carbonyl (C=O) groups is 3. The number of halogens is 6. The van der Waals surface area contributed by atoms with E-state index in [1.54, 1.807) is 0 Å². The van der Waals surface area contributed by atoms with Gasteiger partial charge in [-0.15, -0.1) is 11.3 Å². The predicted molar refractivity (Wildman–Crippen MR) is 148 cm³/mol. The predicted octanol–water partition coefficient (Wildman–Crippen LogP) is 6.35. The summed E-state index contributed by atoms with van der Waals surface area (Å²) in [6.45, 7) is -0.820. The number of hydrogen-bond acceptors (Lipinski definition) is 7. The number of rotatable bonds is 7. The van der Waals surface area contributed by atoms with Gasteiger partial charge in [-0.1, -0.05) is 24.0 Å². The highest BCUT2D eigenvalue weighted by molar-refractivity contribution is 8.26. The van der Waals surface area contributed by atoms with Gasteiger partial charge in [-0.3, -0.25) is 14.5 Å². The molecule has 1 aliphatic rings. The third-order valence-corrected chi connectivity index (χ3v) is 8.03. The Morgan fingerprint density at radius 3 is 2.10 bits per heavy atom. The zero-order chi connectivity index (χ0) is 31.0. The number of aromatic carboxylic acids is 1. The number of anilines is 1. The fourth-order valence-corrected chi connectivity index (χ4v) is 6.05. The molecule has 0 spiro atoms. The molecule has 2 aromatic carbocycles. The van der Waals surface area contributed by atoms with Gasteiger partial charge in [-0.25, -0.2) is 4.79 Å². The summed E-state index contributed by atoms with van der Waals surface area (Å²) < 4.78 is 79.5. The average Bonchev–Trinajstić information content (AvgIpc) is 3.48. The maximum absolute atomic E-state index is 13.3. The molecule has 1 aliphatic heterocycles. The van der Waals surface area contributed by atoms with Crippen LogP contribution in [0.3, 0.4) is 0 Å². The van der Waals surface area contributed by atoms with Crippen molar-refractivity contribution in [3.8, 4) is 11.1 Å². The lowest BCUT2D eigenvalue weighted by molar-refractivity contribution is -0.143. The van der Waals surface area contributed by atoms with Crippen LogP contribution in [0, 0.1) is 0 Å². The zero-order valence-electron chi connectivity index (χ0n) is 20.6. The quantitative estimate of drug-likeness (QED) is 0.156. The van der Waals surface area contributed by atoms with E-state index in [0.29, 0.717) is 17.0 Å². The largest absolute Gasteiger partial charge is 0.478 e. The summed E-state index contributed by atoms with van der Waals surface area (Å²) in [5.41, 5.74) is -3.04. The summed E-state index contributed by atoms with van der Waals surface area (Å²) in [7, 11) is 0. The zero-order valence-corrected chi connectivity index (χ0v) is 23.1. The van der Waals surface area contributed by atoms with Crippen molar-refractivity contribution in [2.75, 3.05) is 11.9 Å². The van der Waals surface area contributed by atoms with E-state index in [-0.39, 0.29) is 37.7 Å². The lowest BCUT2D eigenvalue weighted by Gasteiger charge is -2.24. The van der Waals surface area contributed by atoms with Crippen LogP contribution in [-0.2, 0) is 21.9 Å². The maximum atomic E-state index is 13.3. The van der Waals surface area contributed by atoms with Crippen molar-refractivity contribution in [3.05, 3.63) is 80.4 Å². The topological polar surface area (TPSA) is 107 Å². The number of alkyl halides is 6. The van der Waals surface area contributed by atoms with Gasteiger partial charge >= 0.3 is 18.3 Å². The first kappa shape index (κ1) is 31.2. The van der Waals surface area contributed by atoms with Crippen molar-refractivity contribution in [3.63, 3.8) is 0 Å². The highest BCUT2D eigenvalue weighted by Gasteiger charge is 2.40. The first-order valence-corrected chi connectivity index (χ1v) is 13.6. The SMILES string of the molecule is O=C(O)c1ccc(NC(=O)[C@@H](CO)N2C(=O)/C(=C/c3cc(-c4cc(C(F)(F)F)cc(C(F)(F)F)c4)cs3)SC2=S)cc1. The summed E-state index contributed by atoms with van der Waals surface area (Å²) in [5, 5.41) is 22.7. The molecule has 0 radical (unpaired) electrons. The van der Waals surface area contributed by atoms with Crippen LogP contribution in [0.2, 0.25) is 0 Å². The van der Waals surface area contributed by atoms with E-state index in [1.165, 1.54) is 41.8 Å². The van der Waals surface area contributed by atoms with Gasteiger partial charge in [0.15, 0.2) is 0 Å². The second-order valence-electron chi connectivity index (χ2n) is 8.65. The third kappa shape index (κ3) is 6.83. The number of nitrogens with zero attached hydrogens (tertiary/aromatic N) is 1. The number of nitrogens with one attached hydrogen (secondary N) is 1. The molecule has 1 saturated heterocycles. The van der Waals surface area contributed by atoms with Crippen LogP contribution in [0.25, 0.3) is 17.2 Å². The minimum absolute atomic E-state index is 0.00508. The number of carbonyl (C=O) groups excluding carboxylic acids is 2. The highest BCUT2D eigenvalue weighted by Crippen LogP contribution is 2.40. The van der Waals surface area contributed by atoms with Crippen molar-refractivity contribution in [1.82, 2.24) is 4.90 Å². The fourth-order valence-electron chi connectivity index (χ4n) is 3.78. The number of thiocarbonyl (C=S) groups is 1. The maximum Gasteiger partial charge on any atom is 0.416 e. The molecular formula is C26H16F6N2O5S3.